The summed E-state index contributed by atoms with van der Waals surface area (Å²) in [7, 11) is 0. The van der Waals surface area contributed by atoms with E-state index < -0.39 is 0 Å². The Morgan fingerprint density at radius 3 is 2.38 bits per heavy atom. The van der Waals surface area contributed by atoms with Gasteiger partial charge in [0.25, 0.3) is 0 Å². The Bertz CT molecular complexity index is 1030. The second kappa shape index (κ2) is 6.94. The van der Waals surface area contributed by atoms with Crippen molar-refractivity contribution in [1.29, 1.82) is 0 Å². The smallest absolute Gasteiger partial charge is 0.323 e. The van der Waals surface area contributed by atoms with Gasteiger partial charge in [-0.15, -0.1) is 0 Å². The predicted molar refractivity (Wildman–Crippen MR) is 99.5 cm³/mol. The summed E-state index contributed by atoms with van der Waals surface area (Å²) in [4.78, 5) is 23.3. The molecular formula is C19H15N5O2. The Morgan fingerprint density at radius 1 is 0.885 bits per heavy atom. The van der Waals surface area contributed by atoms with Gasteiger partial charge in [0.2, 0.25) is 5.88 Å². The number of benzene rings is 2. The highest BCUT2D eigenvalue weighted by molar-refractivity contribution is 5.99. The summed E-state index contributed by atoms with van der Waals surface area (Å²) in [5.74, 6) is 1.05. The number of fused-ring (bicyclic) bond motifs is 1. The number of nitrogens with one attached hydrogen (secondary N) is 3. The Hall–Kier alpha value is -3.87. The fourth-order valence-corrected chi connectivity index (χ4v) is 2.46. The monoisotopic (exact) mass is 345 g/mol. The lowest BCUT2D eigenvalue weighted by atomic mass is 10.3. The molecule has 2 amide bonds. The molecule has 4 rings (SSSR count). The molecule has 0 bridgehead atoms. The summed E-state index contributed by atoms with van der Waals surface area (Å²) < 4.78 is 5.79. The lowest BCUT2D eigenvalue weighted by molar-refractivity contribution is 0.262. The van der Waals surface area contributed by atoms with Crippen molar-refractivity contribution in [3.05, 3.63) is 73.2 Å². The van der Waals surface area contributed by atoms with E-state index in [2.05, 4.69) is 25.6 Å². The van der Waals surface area contributed by atoms with Crippen LogP contribution in [0.2, 0.25) is 0 Å². The van der Waals surface area contributed by atoms with Gasteiger partial charge in [0.1, 0.15) is 17.6 Å². The number of rotatable bonds is 4. The van der Waals surface area contributed by atoms with E-state index in [0.717, 1.165) is 16.7 Å². The molecule has 128 valence electrons. The molecule has 3 N–H and O–H groups in total. The van der Waals surface area contributed by atoms with E-state index in [4.69, 9.17) is 4.74 Å². The van der Waals surface area contributed by atoms with E-state index in [1.54, 1.807) is 30.5 Å². The second-order valence-electron chi connectivity index (χ2n) is 5.49. The zero-order valence-corrected chi connectivity index (χ0v) is 13.6. The SMILES string of the molecule is O=C(Nc1ccccc1)Nc1ccc(Oc2ncnc3cc[nH]c23)cc1. The fraction of sp³-hybridized carbons (Fsp3) is 0. The standard InChI is InChI=1S/C19H15N5O2/c25-19(23-13-4-2-1-3-5-13)24-14-6-8-15(9-7-14)26-18-17-16(10-11-20-17)21-12-22-18/h1-12,20H,(H2,23,24,25). The number of urea groups is 1. The van der Waals surface area contributed by atoms with Crippen LogP contribution in [0.4, 0.5) is 16.2 Å². The van der Waals surface area contributed by atoms with Crippen molar-refractivity contribution in [1.82, 2.24) is 15.0 Å². The lowest BCUT2D eigenvalue weighted by Gasteiger charge is -2.09. The molecular weight excluding hydrogens is 330 g/mol. The van der Waals surface area contributed by atoms with Crippen LogP contribution < -0.4 is 15.4 Å². The first-order valence-corrected chi connectivity index (χ1v) is 7.97. The number of anilines is 2. The second-order valence-corrected chi connectivity index (χ2v) is 5.49. The molecule has 0 aliphatic heterocycles. The van der Waals surface area contributed by atoms with Crippen LogP contribution in [0.3, 0.4) is 0 Å². The van der Waals surface area contributed by atoms with Crippen LogP contribution in [-0.4, -0.2) is 21.0 Å². The van der Waals surface area contributed by atoms with Crippen molar-refractivity contribution in [2.75, 3.05) is 10.6 Å². The maximum Gasteiger partial charge on any atom is 0.323 e. The first-order chi connectivity index (χ1) is 12.8. The minimum absolute atomic E-state index is 0.311. The third-order valence-electron chi connectivity index (χ3n) is 3.67. The molecule has 4 aromatic rings. The van der Waals surface area contributed by atoms with Crippen LogP contribution in [0, 0.1) is 0 Å². The molecule has 0 fully saturated rings. The first-order valence-electron chi connectivity index (χ1n) is 7.97. The highest BCUT2D eigenvalue weighted by Crippen LogP contribution is 2.26. The van der Waals surface area contributed by atoms with Crippen molar-refractivity contribution in [2.24, 2.45) is 0 Å². The maximum absolute atomic E-state index is 12.0. The Balaban J connectivity index is 1.42. The zero-order valence-electron chi connectivity index (χ0n) is 13.6. The van der Waals surface area contributed by atoms with Crippen LogP contribution >= 0.6 is 0 Å². The van der Waals surface area contributed by atoms with Crippen LogP contribution in [-0.2, 0) is 0 Å². The first kappa shape index (κ1) is 15.6. The normalized spacial score (nSPS) is 10.5. The number of nitrogens with zero attached hydrogens (tertiary/aromatic N) is 2. The minimum atomic E-state index is -0.311. The van der Waals surface area contributed by atoms with Gasteiger partial charge in [-0.3, -0.25) is 0 Å². The third kappa shape index (κ3) is 3.46. The van der Waals surface area contributed by atoms with Gasteiger partial charge in [0.05, 0.1) is 5.52 Å². The Morgan fingerprint density at radius 2 is 1.62 bits per heavy atom. The number of H-pyrrole nitrogens is 1. The molecule has 26 heavy (non-hydrogen) atoms. The molecule has 2 aromatic heterocycles. The van der Waals surface area contributed by atoms with Crippen LogP contribution in [0.15, 0.2) is 73.2 Å². The number of hydrogen-bond acceptors (Lipinski definition) is 4. The number of hydrogen-bond donors (Lipinski definition) is 3. The zero-order chi connectivity index (χ0) is 17.8. The van der Waals surface area contributed by atoms with E-state index in [1.807, 2.05) is 36.4 Å². The average Bonchev–Trinajstić information content (AvgIpc) is 3.14. The number of amides is 2. The molecule has 7 heteroatoms. The fourth-order valence-electron chi connectivity index (χ4n) is 2.46. The van der Waals surface area contributed by atoms with Gasteiger partial charge in [0.15, 0.2) is 0 Å². The third-order valence-corrected chi connectivity index (χ3v) is 3.67. The van der Waals surface area contributed by atoms with Gasteiger partial charge in [-0.2, -0.15) is 4.98 Å². The van der Waals surface area contributed by atoms with Gasteiger partial charge in [-0.1, -0.05) is 18.2 Å². The molecule has 2 aromatic carbocycles. The number of aromatic nitrogens is 3. The number of aromatic amines is 1. The molecule has 0 radical (unpaired) electrons. The number of ether oxygens (including phenoxy) is 1. The summed E-state index contributed by atoms with van der Waals surface area (Å²) in [5, 5.41) is 5.53. The predicted octanol–water partition coefficient (Wildman–Crippen LogP) is 4.39. The van der Waals surface area contributed by atoms with Gasteiger partial charge >= 0.3 is 6.03 Å². The van der Waals surface area contributed by atoms with Crippen molar-refractivity contribution >= 4 is 28.4 Å². The summed E-state index contributed by atoms with van der Waals surface area (Å²) in [6.45, 7) is 0. The molecule has 0 unspecified atom stereocenters. The molecule has 7 nitrogen and oxygen atoms in total. The molecule has 0 atom stereocenters. The summed E-state index contributed by atoms with van der Waals surface area (Å²) in [6.07, 6.45) is 3.24. The Kier molecular flexibility index (Phi) is 4.17. The topological polar surface area (TPSA) is 91.9 Å². The van der Waals surface area contributed by atoms with Crippen molar-refractivity contribution < 1.29 is 9.53 Å². The Labute approximate surface area is 149 Å². The summed E-state index contributed by atoms with van der Waals surface area (Å²) in [6, 6.07) is 17.8. The summed E-state index contributed by atoms with van der Waals surface area (Å²) >= 11 is 0. The lowest BCUT2D eigenvalue weighted by Crippen LogP contribution is -2.19. The number of carbonyl (C=O) groups is 1. The van der Waals surface area contributed by atoms with Gasteiger partial charge < -0.3 is 20.4 Å². The number of carbonyl (C=O) groups excluding carboxylic acids is 1. The summed E-state index contributed by atoms with van der Waals surface area (Å²) in [5.41, 5.74) is 2.89. The minimum Gasteiger partial charge on any atom is -0.437 e. The molecule has 0 aliphatic rings. The quantitative estimate of drug-likeness (QED) is 0.511. The van der Waals surface area contributed by atoms with Gasteiger partial charge in [-0.25, -0.2) is 9.78 Å². The van der Waals surface area contributed by atoms with Crippen LogP contribution in [0.5, 0.6) is 11.6 Å². The molecule has 0 saturated carbocycles. The van der Waals surface area contributed by atoms with E-state index in [1.165, 1.54) is 6.33 Å². The molecule has 0 spiro atoms. The highest BCUT2D eigenvalue weighted by Gasteiger charge is 2.07. The molecule has 0 aliphatic carbocycles. The van der Waals surface area contributed by atoms with E-state index in [9.17, 15) is 4.79 Å². The van der Waals surface area contributed by atoms with Gasteiger partial charge in [-0.05, 0) is 42.5 Å². The van der Waals surface area contributed by atoms with Crippen molar-refractivity contribution in [2.45, 2.75) is 0 Å². The van der Waals surface area contributed by atoms with E-state index in [-0.39, 0.29) is 6.03 Å². The molecule has 2 heterocycles. The van der Waals surface area contributed by atoms with Crippen molar-refractivity contribution in [3.63, 3.8) is 0 Å². The van der Waals surface area contributed by atoms with Crippen LogP contribution in [0.25, 0.3) is 11.0 Å². The van der Waals surface area contributed by atoms with E-state index in [0.29, 0.717) is 17.3 Å². The average molecular weight is 345 g/mol. The van der Waals surface area contributed by atoms with Crippen LogP contribution in [0.1, 0.15) is 0 Å². The molecule has 0 saturated heterocycles. The van der Waals surface area contributed by atoms with E-state index >= 15 is 0 Å². The largest absolute Gasteiger partial charge is 0.437 e. The maximum atomic E-state index is 12.0. The van der Waals surface area contributed by atoms with Crippen molar-refractivity contribution in [3.8, 4) is 11.6 Å². The number of para-hydroxylation sites is 1. The van der Waals surface area contributed by atoms with Gasteiger partial charge in [0, 0.05) is 17.6 Å². The highest BCUT2D eigenvalue weighted by atomic mass is 16.5.